The molecule has 7 aliphatic rings. The van der Waals surface area contributed by atoms with E-state index in [1.54, 1.807) is 33.3 Å². The molecule has 66 heavy (non-hydrogen) atoms. The maximum atomic E-state index is 14.4. The molecule has 5 fully saturated rings. The number of carbonyl (C=O) groups is 1. The lowest BCUT2D eigenvalue weighted by Gasteiger charge is -2.51. The molecule has 14 heteroatoms. The summed E-state index contributed by atoms with van der Waals surface area (Å²) in [4.78, 5) is 16.7. The first-order valence-corrected chi connectivity index (χ1v) is 25.0. The number of carbonyl (C=O) groups excluding carboxylic acids is 1. The van der Waals surface area contributed by atoms with Crippen molar-refractivity contribution in [1.29, 1.82) is 0 Å². The summed E-state index contributed by atoms with van der Waals surface area (Å²) >= 11 is 0. The molecular weight excluding hydrogens is 847 g/mol. The zero-order chi connectivity index (χ0) is 47.8. The Labute approximate surface area is 394 Å². The molecule has 374 valence electrons. The van der Waals surface area contributed by atoms with Crippen LogP contribution in [0.1, 0.15) is 121 Å². The highest BCUT2D eigenvalue weighted by molar-refractivity contribution is 5.78. The molecular formula is C52H83NO13. The molecule has 1 aliphatic carbocycles. The molecule has 6 heterocycles. The van der Waals surface area contributed by atoms with Crippen LogP contribution in [-0.2, 0) is 52.2 Å². The summed E-state index contributed by atoms with van der Waals surface area (Å²) in [5.41, 5.74) is 0.235. The SMILES string of the molecule is CCC(C)[C@H]1OC2(CC[C@@H]1C)CC1CC(C/C=C(\C)[C@@H](O[C@H]3C[C@H](OC)[C@@H](O[C@H]4C[C@H](OC)[C@H](N(C)C(C)C)[C@H](C)O4)[C@H](C)O3)[C@@H](C)/C=C/C=C3\COC4[C@H](O)C(C)=C[C@@H](C(=O)O1)[C@]34O)O2. The number of esters is 1. The lowest BCUT2D eigenvalue weighted by atomic mass is 9.71. The van der Waals surface area contributed by atoms with Gasteiger partial charge in [-0.1, -0.05) is 64.5 Å². The number of nitrogens with zero attached hydrogens (tertiary/aromatic N) is 1. The number of rotatable bonds is 10. The third-order valence-corrected chi connectivity index (χ3v) is 16.2. The Morgan fingerprint density at radius 2 is 1.62 bits per heavy atom. The number of likely N-dealkylation sites (N-methyl/N-ethyl adjacent to an activating group) is 1. The van der Waals surface area contributed by atoms with Gasteiger partial charge in [0.1, 0.15) is 35.9 Å². The van der Waals surface area contributed by atoms with Gasteiger partial charge in [0.05, 0.1) is 55.4 Å². The Hall–Kier alpha value is -2.05. The van der Waals surface area contributed by atoms with Gasteiger partial charge in [0.25, 0.3) is 0 Å². The smallest absolute Gasteiger partial charge is 0.316 e. The van der Waals surface area contributed by atoms with Gasteiger partial charge in [0, 0.05) is 58.3 Å². The molecule has 1 spiro atoms. The average Bonchev–Trinajstić information content (AvgIpc) is 3.62. The largest absolute Gasteiger partial charge is 0.462 e. The summed E-state index contributed by atoms with van der Waals surface area (Å²) in [6.45, 7) is 21.1. The van der Waals surface area contributed by atoms with Gasteiger partial charge in [-0.05, 0) is 90.0 Å². The van der Waals surface area contributed by atoms with E-state index in [1.165, 1.54) is 0 Å². The van der Waals surface area contributed by atoms with E-state index in [-0.39, 0.29) is 55.2 Å². The minimum absolute atomic E-state index is 0.00134. The normalized spacial score (nSPS) is 47.3. The highest BCUT2D eigenvalue weighted by atomic mass is 16.7. The second kappa shape index (κ2) is 21.5. The fourth-order valence-corrected chi connectivity index (χ4v) is 11.9. The highest BCUT2D eigenvalue weighted by Gasteiger charge is 2.60. The fourth-order valence-electron chi connectivity index (χ4n) is 11.9. The summed E-state index contributed by atoms with van der Waals surface area (Å²) in [6.07, 6.45) is 8.71. The number of aliphatic hydroxyl groups is 2. The predicted molar refractivity (Wildman–Crippen MR) is 248 cm³/mol. The van der Waals surface area contributed by atoms with Crippen molar-refractivity contribution >= 4 is 5.97 Å². The van der Waals surface area contributed by atoms with Crippen molar-refractivity contribution in [3.8, 4) is 0 Å². The minimum Gasteiger partial charge on any atom is -0.462 e. The van der Waals surface area contributed by atoms with Crippen LogP contribution in [0.4, 0.5) is 0 Å². The van der Waals surface area contributed by atoms with Crippen LogP contribution in [0.3, 0.4) is 0 Å². The third kappa shape index (κ3) is 10.7. The summed E-state index contributed by atoms with van der Waals surface area (Å²) in [6, 6.07) is 0.420. The molecule has 14 nitrogen and oxygen atoms in total. The molecule has 7 rings (SSSR count). The van der Waals surface area contributed by atoms with Crippen molar-refractivity contribution in [2.45, 2.75) is 224 Å². The fraction of sp³-hybridized carbons (Fsp3) is 0.827. The number of hydrogen-bond acceptors (Lipinski definition) is 14. The van der Waals surface area contributed by atoms with E-state index in [0.29, 0.717) is 67.5 Å². The number of methoxy groups -OCH3 is 2. The van der Waals surface area contributed by atoms with Gasteiger partial charge < -0.3 is 57.6 Å². The van der Waals surface area contributed by atoms with Crippen molar-refractivity contribution in [3.05, 3.63) is 47.1 Å². The maximum Gasteiger partial charge on any atom is 0.316 e. The van der Waals surface area contributed by atoms with Crippen molar-refractivity contribution in [2.24, 2.45) is 23.7 Å². The third-order valence-electron chi connectivity index (χ3n) is 16.2. The zero-order valence-corrected chi connectivity index (χ0v) is 42.1. The van der Waals surface area contributed by atoms with E-state index in [2.05, 4.69) is 73.4 Å². The van der Waals surface area contributed by atoms with Gasteiger partial charge in [0.2, 0.25) is 0 Å². The van der Waals surface area contributed by atoms with Crippen molar-refractivity contribution in [1.82, 2.24) is 4.90 Å². The first-order valence-electron chi connectivity index (χ1n) is 25.0. The summed E-state index contributed by atoms with van der Waals surface area (Å²) in [7, 11) is 5.56. The van der Waals surface area contributed by atoms with Crippen LogP contribution < -0.4 is 0 Å². The van der Waals surface area contributed by atoms with Gasteiger partial charge >= 0.3 is 5.97 Å². The summed E-state index contributed by atoms with van der Waals surface area (Å²) < 4.78 is 65.5. The van der Waals surface area contributed by atoms with Crippen LogP contribution in [-0.4, -0.2) is 152 Å². The van der Waals surface area contributed by atoms with Gasteiger partial charge in [-0.15, -0.1) is 0 Å². The molecule has 0 aromatic heterocycles. The first-order chi connectivity index (χ1) is 31.3. The van der Waals surface area contributed by atoms with E-state index in [9.17, 15) is 15.0 Å². The standard InChI is InChI=1S/C52H83NO13/c1-14-29(4)47-32(7)20-21-51(66-47)26-38-23-37(65-51)19-18-31(6)46(30(5)16-15-17-36-27-59-49-45(54)33(8)22-39(50(55)62-38)52(36,49)56)63-43-25-41(58-13)48(35(10)61-43)64-42-24-40(57-12)44(34(9)60-42)53(11)28(2)3/h15-18,22,28-30,32,34-35,37-49,54,56H,14,19-21,23-27H2,1-13H3/b16-15+,31-18+,36-17+/t29?,30-,32-,34-,35-,37?,38?,39-,40-,41-,42-,43-,44+,45+,46-,47+,48-,49?,51?,52+/m0/s1. The predicted octanol–water partition coefficient (Wildman–Crippen LogP) is 6.95. The van der Waals surface area contributed by atoms with E-state index in [1.807, 2.05) is 19.1 Å². The number of fused-ring (bicyclic) bond motifs is 2. The highest BCUT2D eigenvalue weighted by Crippen LogP contribution is 2.48. The van der Waals surface area contributed by atoms with Crippen molar-refractivity contribution in [3.63, 3.8) is 0 Å². The maximum absolute atomic E-state index is 14.4. The van der Waals surface area contributed by atoms with Crippen molar-refractivity contribution in [2.75, 3.05) is 27.9 Å². The van der Waals surface area contributed by atoms with Crippen molar-refractivity contribution < 1.29 is 62.4 Å². The van der Waals surface area contributed by atoms with Crippen LogP contribution >= 0.6 is 0 Å². The Morgan fingerprint density at radius 3 is 2.32 bits per heavy atom. The minimum atomic E-state index is -1.82. The monoisotopic (exact) mass is 930 g/mol. The van der Waals surface area contributed by atoms with E-state index >= 15 is 0 Å². The molecule has 0 amide bonds. The average molecular weight is 930 g/mol. The molecule has 0 saturated carbocycles. The molecule has 0 aromatic carbocycles. The Balaban J connectivity index is 1.15. The van der Waals surface area contributed by atoms with Crippen LogP contribution in [0.2, 0.25) is 0 Å². The Morgan fingerprint density at radius 1 is 0.924 bits per heavy atom. The molecule has 5 unspecified atom stereocenters. The number of ether oxygens (including phenoxy) is 10. The second-order valence-electron chi connectivity index (χ2n) is 21.1. The number of hydrogen-bond donors (Lipinski definition) is 2. The summed E-state index contributed by atoms with van der Waals surface area (Å²) in [5, 5.41) is 23.8. The molecule has 0 aromatic rings. The second-order valence-corrected chi connectivity index (χ2v) is 21.1. The Kier molecular flexibility index (Phi) is 16.9. The molecule has 2 N–H and O–H groups in total. The summed E-state index contributed by atoms with van der Waals surface area (Å²) in [5.74, 6) is -2.05. The number of aliphatic hydroxyl groups excluding tert-OH is 1. The zero-order valence-electron chi connectivity index (χ0n) is 42.1. The van der Waals surface area contributed by atoms with Gasteiger partial charge in [-0.25, -0.2) is 0 Å². The topological polar surface area (TPSA) is 153 Å². The van der Waals surface area contributed by atoms with Gasteiger partial charge in [-0.2, -0.15) is 0 Å². The van der Waals surface area contributed by atoms with E-state index in [0.717, 1.165) is 18.4 Å². The number of allylic oxidation sites excluding steroid dienone is 2. The van der Waals surface area contributed by atoms with Crippen LogP contribution in [0.15, 0.2) is 47.1 Å². The van der Waals surface area contributed by atoms with Crippen LogP contribution in [0.25, 0.3) is 0 Å². The molecule has 20 atom stereocenters. The molecule has 2 bridgehead atoms. The van der Waals surface area contributed by atoms with Gasteiger partial charge in [-0.3, -0.25) is 9.69 Å². The lowest BCUT2D eigenvalue weighted by molar-refractivity contribution is -0.340. The molecule has 5 saturated heterocycles. The van der Waals surface area contributed by atoms with Crippen LogP contribution in [0, 0.1) is 23.7 Å². The molecule has 6 aliphatic heterocycles. The molecule has 0 radical (unpaired) electrons. The quantitative estimate of drug-likeness (QED) is 0.172. The van der Waals surface area contributed by atoms with Crippen LogP contribution in [0.5, 0.6) is 0 Å². The van der Waals surface area contributed by atoms with E-state index in [4.69, 9.17) is 47.4 Å². The first kappa shape index (κ1) is 51.8. The van der Waals surface area contributed by atoms with E-state index < -0.39 is 66.4 Å². The lowest BCUT2D eigenvalue weighted by Crippen LogP contribution is -2.59. The Bertz CT molecular complexity index is 1780. The van der Waals surface area contributed by atoms with Gasteiger partial charge in [0.15, 0.2) is 18.4 Å².